The number of anilines is 1. The molecule has 100 valence electrons. The summed E-state index contributed by atoms with van der Waals surface area (Å²) in [5.41, 5.74) is 1.21. The van der Waals surface area contributed by atoms with Gasteiger partial charge in [-0.1, -0.05) is 0 Å². The van der Waals surface area contributed by atoms with Crippen LogP contribution in [0.4, 0.5) is 10.1 Å². The molecular weight excluding hydrogens is 247 g/mol. The molecule has 1 atom stereocenters. The Morgan fingerprint density at radius 3 is 2.68 bits per heavy atom. The fourth-order valence-electron chi connectivity index (χ4n) is 1.84. The average molecular weight is 262 g/mol. The maximum absolute atomic E-state index is 12.7. The Morgan fingerprint density at radius 2 is 2.05 bits per heavy atom. The number of aliphatic hydroxyl groups is 1. The lowest BCUT2D eigenvalue weighted by Gasteiger charge is -2.11. The molecule has 1 aromatic carbocycles. The van der Waals surface area contributed by atoms with Crippen molar-refractivity contribution in [3.05, 3.63) is 54.1 Å². The fraction of sp³-hybridized carbons (Fsp3) is 0.214. The molecule has 4 nitrogen and oxygen atoms in total. The Hall–Kier alpha value is -2.14. The second-order valence-corrected chi connectivity index (χ2v) is 4.29. The molecule has 1 unspecified atom stereocenters. The number of hydrogen-bond donors (Lipinski definition) is 2. The minimum absolute atomic E-state index is 0.102. The molecule has 0 aliphatic rings. The molecule has 0 aliphatic heterocycles. The van der Waals surface area contributed by atoms with Crippen molar-refractivity contribution >= 4 is 11.6 Å². The van der Waals surface area contributed by atoms with Crippen LogP contribution in [0.2, 0.25) is 0 Å². The highest BCUT2D eigenvalue weighted by atomic mass is 19.1. The van der Waals surface area contributed by atoms with Crippen LogP contribution in [0.15, 0.2) is 42.6 Å². The number of rotatable bonds is 4. The van der Waals surface area contributed by atoms with Crippen LogP contribution in [0.1, 0.15) is 18.7 Å². The zero-order valence-corrected chi connectivity index (χ0v) is 10.5. The van der Waals surface area contributed by atoms with E-state index in [0.717, 1.165) is 0 Å². The number of nitrogens with zero attached hydrogens (tertiary/aromatic N) is 1. The van der Waals surface area contributed by atoms with Gasteiger partial charge in [-0.25, -0.2) is 4.39 Å². The highest BCUT2D eigenvalue weighted by molar-refractivity contribution is 5.90. The van der Waals surface area contributed by atoms with Gasteiger partial charge in [0.05, 0.1) is 6.10 Å². The van der Waals surface area contributed by atoms with Crippen LogP contribution >= 0.6 is 0 Å². The van der Waals surface area contributed by atoms with Crippen molar-refractivity contribution in [3.63, 3.8) is 0 Å². The van der Waals surface area contributed by atoms with Crippen LogP contribution in [-0.4, -0.2) is 15.6 Å². The van der Waals surface area contributed by atoms with E-state index in [2.05, 4.69) is 5.32 Å². The lowest BCUT2D eigenvalue weighted by molar-refractivity contribution is -0.116. The molecule has 2 aromatic rings. The second-order valence-electron chi connectivity index (χ2n) is 4.29. The lowest BCUT2D eigenvalue weighted by Crippen LogP contribution is -2.20. The van der Waals surface area contributed by atoms with Gasteiger partial charge in [-0.05, 0) is 43.3 Å². The molecule has 0 aliphatic carbocycles. The van der Waals surface area contributed by atoms with E-state index in [1.54, 1.807) is 29.8 Å². The average Bonchev–Trinajstić information content (AvgIpc) is 2.80. The Kier molecular flexibility index (Phi) is 3.97. The Balaban J connectivity index is 2.01. The first kappa shape index (κ1) is 13.3. The summed E-state index contributed by atoms with van der Waals surface area (Å²) in [6.07, 6.45) is 1.10. The smallest absolute Gasteiger partial charge is 0.244 e. The molecule has 2 N–H and O–H groups in total. The summed E-state index contributed by atoms with van der Waals surface area (Å²) in [5.74, 6) is -0.579. The van der Waals surface area contributed by atoms with Crippen LogP contribution in [0.5, 0.6) is 0 Å². The number of hydrogen-bond acceptors (Lipinski definition) is 2. The molecule has 5 heteroatoms. The number of halogens is 1. The molecule has 2 rings (SSSR count). The summed E-state index contributed by atoms with van der Waals surface area (Å²) in [5, 5.41) is 12.2. The van der Waals surface area contributed by atoms with E-state index < -0.39 is 6.10 Å². The number of aromatic nitrogens is 1. The quantitative estimate of drug-likeness (QED) is 0.888. The molecule has 1 aromatic heterocycles. The SMILES string of the molecule is CC(O)c1cccn1CC(=O)Nc1ccc(F)cc1. The lowest BCUT2D eigenvalue weighted by atomic mass is 10.3. The Bertz CT molecular complexity index is 561. The van der Waals surface area contributed by atoms with Crippen LogP contribution < -0.4 is 5.32 Å². The number of nitrogens with one attached hydrogen (secondary N) is 1. The summed E-state index contributed by atoms with van der Waals surface area (Å²) >= 11 is 0. The van der Waals surface area contributed by atoms with Crippen molar-refractivity contribution < 1.29 is 14.3 Å². The molecule has 1 heterocycles. The van der Waals surface area contributed by atoms with Gasteiger partial charge in [0.1, 0.15) is 12.4 Å². The van der Waals surface area contributed by atoms with Gasteiger partial charge in [0.2, 0.25) is 5.91 Å². The minimum atomic E-state index is -0.631. The number of carbonyl (C=O) groups is 1. The van der Waals surface area contributed by atoms with E-state index in [-0.39, 0.29) is 18.3 Å². The fourth-order valence-corrected chi connectivity index (χ4v) is 1.84. The molecule has 0 saturated heterocycles. The maximum atomic E-state index is 12.7. The van der Waals surface area contributed by atoms with Crippen molar-refractivity contribution in [1.29, 1.82) is 0 Å². The molecule has 1 amide bonds. The maximum Gasteiger partial charge on any atom is 0.244 e. The first-order valence-corrected chi connectivity index (χ1v) is 5.95. The zero-order chi connectivity index (χ0) is 13.8. The third-order valence-electron chi connectivity index (χ3n) is 2.73. The van der Waals surface area contributed by atoms with E-state index in [9.17, 15) is 14.3 Å². The van der Waals surface area contributed by atoms with Crippen molar-refractivity contribution in [2.75, 3.05) is 5.32 Å². The van der Waals surface area contributed by atoms with Crippen LogP contribution in [0.25, 0.3) is 0 Å². The van der Waals surface area contributed by atoms with Gasteiger partial charge in [0, 0.05) is 17.6 Å². The monoisotopic (exact) mass is 262 g/mol. The minimum Gasteiger partial charge on any atom is -0.387 e. The predicted molar refractivity (Wildman–Crippen MR) is 70.1 cm³/mol. The summed E-state index contributed by atoms with van der Waals surface area (Å²) in [4.78, 5) is 11.8. The van der Waals surface area contributed by atoms with Crippen LogP contribution in [0.3, 0.4) is 0 Å². The number of benzene rings is 1. The van der Waals surface area contributed by atoms with E-state index >= 15 is 0 Å². The number of carbonyl (C=O) groups excluding carboxylic acids is 1. The van der Waals surface area contributed by atoms with E-state index in [0.29, 0.717) is 11.4 Å². The van der Waals surface area contributed by atoms with E-state index in [1.807, 2.05) is 0 Å². The third kappa shape index (κ3) is 3.42. The van der Waals surface area contributed by atoms with Crippen molar-refractivity contribution in [2.24, 2.45) is 0 Å². The largest absolute Gasteiger partial charge is 0.387 e. The van der Waals surface area contributed by atoms with Gasteiger partial charge in [-0.3, -0.25) is 4.79 Å². The van der Waals surface area contributed by atoms with Gasteiger partial charge in [0.25, 0.3) is 0 Å². The van der Waals surface area contributed by atoms with Crippen molar-refractivity contribution in [1.82, 2.24) is 4.57 Å². The Morgan fingerprint density at radius 1 is 1.37 bits per heavy atom. The van der Waals surface area contributed by atoms with E-state index in [1.165, 1.54) is 24.3 Å². The first-order valence-electron chi connectivity index (χ1n) is 5.95. The molecule has 0 bridgehead atoms. The standard InChI is InChI=1S/C14H15FN2O2/c1-10(18)13-3-2-8-17(13)9-14(19)16-12-6-4-11(15)5-7-12/h2-8,10,18H,9H2,1H3,(H,16,19). The zero-order valence-electron chi connectivity index (χ0n) is 10.5. The molecule has 0 fully saturated rings. The van der Waals surface area contributed by atoms with Gasteiger partial charge < -0.3 is 15.0 Å². The van der Waals surface area contributed by atoms with Crippen molar-refractivity contribution in [3.8, 4) is 0 Å². The normalized spacial score (nSPS) is 12.2. The third-order valence-corrected chi connectivity index (χ3v) is 2.73. The molecule has 0 saturated carbocycles. The highest BCUT2D eigenvalue weighted by Crippen LogP contribution is 2.13. The Labute approximate surface area is 110 Å². The number of amides is 1. The molecular formula is C14H15FN2O2. The summed E-state index contributed by atoms with van der Waals surface area (Å²) in [7, 11) is 0. The van der Waals surface area contributed by atoms with E-state index in [4.69, 9.17) is 0 Å². The topological polar surface area (TPSA) is 54.3 Å². The van der Waals surface area contributed by atoms with Gasteiger partial charge in [0.15, 0.2) is 0 Å². The molecule has 0 spiro atoms. The van der Waals surface area contributed by atoms with Gasteiger partial charge in [-0.15, -0.1) is 0 Å². The summed E-state index contributed by atoms with van der Waals surface area (Å²) in [6.45, 7) is 1.74. The summed E-state index contributed by atoms with van der Waals surface area (Å²) in [6, 6.07) is 9.10. The summed E-state index contributed by atoms with van der Waals surface area (Å²) < 4.78 is 14.4. The highest BCUT2D eigenvalue weighted by Gasteiger charge is 2.10. The van der Waals surface area contributed by atoms with Gasteiger partial charge >= 0.3 is 0 Å². The molecule has 19 heavy (non-hydrogen) atoms. The van der Waals surface area contributed by atoms with Crippen LogP contribution in [-0.2, 0) is 11.3 Å². The predicted octanol–water partition coefficient (Wildman–Crippen LogP) is 2.32. The van der Waals surface area contributed by atoms with Crippen LogP contribution in [0, 0.1) is 5.82 Å². The van der Waals surface area contributed by atoms with Crippen molar-refractivity contribution in [2.45, 2.75) is 19.6 Å². The van der Waals surface area contributed by atoms with Gasteiger partial charge in [-0.2, -0.15) is 0 Å². The second kappa shape index (κ2) is 5.67. The molecule has 0 radical (unpaired) electrons. The first-order chi connectivity index (χ1) is 9.06. The number of aliphatic hydroxyl groups excluding tert-OH is 1.